The summed E-state index contributed by atoms with van der Waals surface area (Å²) in [4.78, 5) is 2.59. The molecular weight excluding hydrogens is 234 g/mol. The van der Waals surface area contributed by atoms with Crippen molar-refractivity contribution in [2.24, 2.45) is 0 Å². The zero-order valence-electron chi connectivity index (χ0n) is 11.7. The summed E-state index contributed by atoms with van der Waals surface area (Å²) in [5.74, 6) is 0. The first-order valence-electron chi connectivity index (χ1n) is 7.90. The SMILES string of the molecule is OC1CCCN(C2CCCCCC2)c2ccccc21. The van der Waals surface area contributed by atoms with E-state index in [4.69, 9.17) is 0 Å². The fourth-order valence-corrected chi connectivity index (χ4v) is 3.71. The molecule has 1 aromatic rings. The van der Waals surface area contributed by atoms with Crippen LogP contribution in [0.2, 0.25) is 0 Å². The summed E-state index contributed by atoms with van der Waals surface area (Å²) < 4.78 is 0. The number of benzene rings is 1. The Hall–Kier alpha value is -1.02. The molecule has 1 aliphatic heterocycles. The van der Waals surface area contributed by atoms with Gasteiger partial charge in [-0.3, -0.25) is 0 Å². The fourth-order valence-electron chi connectivity index (χ4n) is 3.71. The van der Waals surface area contributed by atoms with Gasteiger partial charge in [0.1, 0.15) is 0 Å². The van der Waals surface area contributed by atoms with Gasteiger partial charge in [-0.15, -0.1) is 0 Å². The number of anilines is 1. The predicted octanol–water partition coefficient (Wildman–Crippen LogP) is 4.04. The van der Waals surface area contributed by atoms with Crippen molar-refractivity contribution in [1.29, 1.82) is 0 Å². The summed E-state index contributed by atoms with van der Waals surface area (Å²) in [6.07, 6.45) is 9.91. The normalized spacial score (nSPS) is 25.5. The lowest BCUT2D eigenvalue weighted by atomic mass is 10.0. The van der Waals surface area contributed by atoms with Crippen LogP contribution in [0, 0.1) is 0 Å². The summed E-state index contributed by atoms with van der Waals surface area (Å²) in [7, 11) is 0. The van der Waals surface area contributed by atoms with Crippen LogP contribution >= 0.6 is 0 Å². The number of hydrogen-bond donors (Lipinski definition) is 1. The highest BCUT2D eigenvalue weighted by molar-refractivity contribution is 5.56. The highest BCUT2D eigenvalue weighted by atomic mass is 16.3. The average Bonchev–Trinajstić information content (AvgIpc) is 2.79. The molecule has 2 aliphatic rings. The maximum Gasteiger partial charge on any atom is 0.0810 e. The number of fused-ring (bicyclic) bond motifs is 1. The monoisotopic (exact) mass is 259 g/mol. The van der Waals surface area contributed by atoms with E-state index in [1.54, 1.807) is 0 Å². The summed E-state index contributed by atoms with van der Waals surface area (Å²) in [5.41, 5.74) is 2.43. The number of hydrogen-bond acceptors (Lipinski definition) is 2. The third kappa shape index (κ3) is 2.79. The minimum absolute atomic E-state index is 0.271. The van der Waals surface area contributed by atoms with Crippen molar-refractivity contribution >= 4 is 5.69 Å². The van der Waals surface area contributed by atoms with Gasteiger partial charge < -0.3 is 10.0 Å². The van der Waals surface area contributed by atoms with Crippen molar-refractivity contribution in [3.8, 4) is 0 Å². The van der Waals surface area contributed by atoms with E-state index in [0.29, 0.717) is 6.04 Å². The molecule has 0 radical (unpaired) electrons. The first kappa shape index (κ1) is 13.0. The molecule has 1 N–H and O–H groups in total. The lowest BCUT2D eigenvalue weighted by Gasteiger charge is -2.33. The minimum Gasteiger partial charge on any atom is -0.388 e. The quantitative estimate of drug-likeness (QED) is 0.769. The van der Waals surface area contributed by atoms with Crippen LogP contribution in [0.5, 0.6) is 0 Å². The van der Waals surface area contributed by atoms with Crippen molar-refractivity contribution in [2.75, 3.05) is 11.4 Å². The molecule has 1 saturated carbocycles. The summed E-state index contributed by atoms with van der Waals surface area (Å²) in [6, 6.07) is 9.16. The maximum absolute atomic E-state index is 10.3. The Bertz CT molecular complexity index is 409. The molecule has 0 amide bonds. The molecule has 1 heterocycles. The third-order valence-electron chi connectivity index (χ3n) is 4.75. The molecule has 1 atom stereocenters. The Labute approximate surface area is 116 Å². The number of aliphatic hydroxyl groups excluding tert-OH is 1. The molecule has 3 rings (SSSR count). The molecule has 1 aliphatic carbocycles. The van der Waals surface area contributed by atoms with Crippen molar-refractivity contribution in [2.45, 2.75) is 63.5 Å². The van der Waals surface area contributed by atoms with Crippen molar-refractivity contribution in [3.63, 3.8) is 0 Å². The molecule has 1 fully saturated rings. The molecule has 1 aromatic carbocycles. The van der Waals surface area contributed by atoms with Gasteiger partial charge in [0.05, 0.1) is 6.10 Å². The van der Waals surface area contributed by atoms with E-state index in [9.17, 15) is 5.11 Å². The van der Waals surface area contributed by atoms with Crippen molar-refractivity contribution < 1.29 is 5.11 Å². The fraction of sp³-hybridized carbons (Fsp3) is 0.647. The van der Waals surface area contributed by atoms with Crippen LogP contribution in [-0.2, 0) is 0 Å². The Morgan fingerprint density at radius 1 is 0.895 bits per heavy atom. The smallest absolute Gasteiger partial charge is 0.0810 e. The van der Waals surface area contributed by atoms with Crippen molar-refractivity contribution in [1.82, 2.24) is 0 Å². The highest BCUT2D eigenvalue weighted by Gasteiger charge is 2.26. The van der Waals surface area contributed by atoms with Crippen LogP contribution in [0.15, 0.2) is 24.3 Å². The Balaban J connectivity index is 1.89. The van der Waals surface area contributed by atoms with E-state index in [1.165, 1.54) is 44.2 Å². The van der Waals surface area contributed by atoms with Crippen LogP contribution in [-0.4, -0.2) is 17.7 Å². The Morgan fingerprint density at radius 2 is 1.63 bits per heavy atom. The average molecular weight is 259 g/mol. The lowest BCUT2D eigenvalue weighted by molar-refractivity contribution is 0.168. The Morgan fingerprint density at radius 3 is 2.42 bits per heavy atom. The zero-order valence-corrected chi connectivity index (χ0v) is 11.7. The number of aliphatic hydroxyl groups is 1. The van der Waals surface area contributed by atoms with Crippen molar-refractivity contribution in [3.05, 3.63) is 29.8 Å². The summed E-state index contributed by atoms with van der Waals surface area (Å²) in [5, 5.41) is 10.3. The van der Waals surface area contributed by atoms with Crippen LogP contribution < -0.4 is 4.90 Å². The second-order valence-corrected chi connectivity index (χ2v) is 6.06. The standard InChI is InChI=1S/C17H25NO/c19-17-12-7-13-18(14-8-3-1-2-4-9-14)16-11-6-5-10-15(16)17/h5-6,10-11,14,17,19H,1-4,7-9,12-13H2. The summed E-state index contributed by atoms with van der Waals surface area (Å²) in [6.45, 7) is 1.11. The molecule has 19 heavy (non-hydrogen) atoms. The molecule has 2 heteroatoms. The van der Waals surface area contributed by atoms with E-state index in [-0.39, 0.29) is 6.10 Å². The van der Waals surface area contributed by atoms with Gasteiger partial charge >= 0.3 is 0 Å². The Kier molecular flexibility index (Phi) is 4.07. The van der Waals surface area contributed by atoms with Crippen LogP contribution in [0.4, 0.5) is 5.69 Å². The van der Waals surface area contributed by atoms with Gasteiger partial charge in [-0.1, -0.05) is 43.9 Å². The second-order valence-electron chi connectivity index (χ2n) is 6.06. The molecular formula is C17H25NO. The number of rotatable bonds is 1. The van der Waals surface area contributed by atoms with Gasteiger partial charge in [-0.25, -0.2) is 0 Å². The van der Waals surface area contributed by atoms with E-state index >= 15 is 0 Å². The first-order valence-corrected chi connectivity index (χ1v) is 7.90. The van der Waals surface area contributed by atoms with Gasteiger partial charge in [-0.05, 0) is 31.7 Å². The van der Waals surface area contributed by atoms with Gasteiger partial charge in [0, 0.05) is 23.8 Å². The predicted molar refractivity (Wildman–Crippen MR) is 79.5 cm³/mol. The molecule has 104 valence electrons. The van der Waals surface area contributed by atoms with Crippen LogP contribution in [0.25, 0.3) is 0 Å². The van der Waals surface area contributed by atoms with Crippen LogP contribution in [0.1, 0.15) is 63.0 Å². The van der Waals surface area contributed by atoms with Gasteiger partial charge in [0.25, 0.3) is 0 Å². The molecule has 0 spiro atoms. The minimum atomic E-state index is -0.271. The maximum atomic E-state index is 10.3. The lowest BCUT2D eigenvalue weighted by Crippen LogP contribution is -2.35. The summed E-state index contributed by atoms with van der Waals surface area (Å²) >= 11 is 0. The molecule has 1 unspecified atom stereocenters. The van der Waals surface area contributed by atoms with E-state index in [0.717, 1.165) is 24.9 Å². The van der Waals surface area contributed by atoms with E-state index in [2.05, 4.69) is 29.2 Å². The first-order chi connectivity index (χ1) is 9.36. The van der Waals surface area contributed by atoms with Crippen LogP contribution in [0.3, 0.4) is 0 Å². The van der Waals surface area contributed by atoms with Gasteiger partial charge in [0.15, 0.2) is 0 Å². The third-order valence-corrected chi connectivity index (χ3v) is 4.75. The second kappa shape index (κ2) is 5.96. The van der Waals surface area contributed by atoms with Gasteiger partial charge in [-0.2, -0.15) is 0 Å². The molecule has 0 saturated heterocycles. The van der Waals surface area contributed by atoms with E-state index in [1.807, 2.05) is 0 Å². The van der Waals surface area contributed by atoms with E-state index < -0.39 is 0 Å². The highest BCUT2D eigenvalue weighted by Crippen LogP contribution is 2.36. The molecule has 2 nitrogen and oxygen atoms in total. The zero-order chi connectivity index (χ0) is 13.1. The molecule has 0 bridgehead atoms. The number of nitrogens with zero attached hydrogens (tertiary/aromatic N) is 1. The molecule has 0 aromatic heterocycles. The van der Waals surface area contributed by atoms with Gasteiger partial charge in [0.2, 0.25) is 0 Å². The number of para-hydroxylation sites is 1. The largest absolute Gasteiger partial charge is 0.388 e. The topological polar surface area (TPSA) is 23.5 Å².